The Labute approximate surface area is 242 Å². The number of halogens is 1. The van der Waals surface area contributed by atoms with Gasteiger partial charge in [-0.1, -0.05) is 79.9 Å². The van der Waals surface area contributed by atoms with Gasteiger partial charge in [0.1, 0.15) is 18.4 Å². The van der Waals surface area contributed by atoms with Gasteiger partial charge in [0.25, 0.3) is 0 Å². The Morgan fingerprint density at radius 3 is 2.17 bits per heavy atom. The summed E-state index contributed by atoms with van der Waals surface area (Å²) >= 11 is 0. The molecule has 1 aliphatic carbocycles. The van der Waals surface area contributed by atoms with Crippen molar-refractivity contribution in [1.82, 2.24) is 10.2 Å². The molecule has 3 aromatic carbocycles. The first kappa shape index (κ1) is 30.2. The number of anilines is 1. The minimum Gasteiger partial charge on any atom is -0.352 e. The van der Waals surface area contributed by atoms with E-state index >= 15 is 0 Å². The van der Waals surface area contributed by atoms with E-state index in [0.717, 1.165) is 48.2 Å². The highest BCUT2D eigenvalue weighted by atomic mass is 32.2. The van der Waals surface area contributed by atoms with Gasteiger partial charge in [0, 0.05) is 19.0 Å². The molecule has 1 aliphatic rings. The summed E-state index contributed by atoms with van der Waals surface area (Å²) in [6.07, 6.45) is 6.27. The third kappa shape index (κ3) is 8.39. The van der Waals surface area contributed by atoms with E-state index in [1.54, 1.807) is 43.3 Å². The number of para-hydroxylation sites is 1. The molecule has 1 N–H and O–H groups in total. The molecule has 41 heavy (non-hydrogen) atoms. The average molecular weight is 580 g/mol. The van der Waals surface area contributed by atoms with E-state index in [-0.39, 0.29) is 24.9 Å². The number of sulfonamides is 1. The van der Waals surface area contributed by atoms with Crippen LogP contribution in [0.25, 0.3) is 0 Å². The van der Waals surface area contributed by atoms with E-state index in [9.17, 15) is 22.4 Å². The van der Waals surface area contributed by atoms with Gasteiger partial charge in [0.2, 0.25) is 21.8 Å². The fraction of sp³-hybridized carbons (Fsp3) is 0.375. The number of carbonyl (C=O) groups excluding carboxylic acids is 2. The maximum absolute atomic E-state index is 14.2. The number of carbonyl (C=O) groups is 2. The van der Waals surface area contributed by atoms with Gasteiger partial charge in [-0.05, 0) is 54.7 Å². The van der Waals surface area contributed by atoms with Gasteiger partial charge >= 0.3 is 0 Å². The lowest BCUT2D eigenvalue weighted by Gasteiger charge is -2.35. The molecule has 0 aromatic heterocycles. The number of rotatable bonds is 11. The molecule has 218 valence electrons. The molecule has 1 atom stereocenters. The molecular weight excluding hydrogens is 541 g/mol. The number of amides is 2. The molecule has 0 bridgehead atoms. The minimum atomic E-state index is -3.84. The van der Waals surface area contributed by atoms with Crippen LogP contribution in [0.3, 0.4) is 0 Å². The van der Waals surface area contributed by atoms with Crippen molar-refractivity contribution in [3.05, 3.63) is 101 Å². The number of benzene rings is 3. The summed E-state index contributed by atoms with van der Waals surface area (Å²) in [6.45, 7) is 1.32. The second-order valence-corrected chi connectivity index (χ2v) is 12.7. The van der Waals surface area contributed by atoms with Crippen molar-refractivity contribution in [2.24, 2.45) is 0 Å². The minimum absolute atomic E-state index is 0.0140. The van der Waals surface area contributed by atoms with Crippen LogP contribution in [0.2, 0.25) is 0 Å². The van der Waals surface area contributed by atoms with Gasteiger partial charge < -0.3 is 10.2 Å². The molecule has 0 saturated heterocycles. The highest BCUT2D eigenvalue weighted by Gasteiger charge is 2.34. The SMILES string of the molecule is Cc1ccccc1N(CC(=O)N(Cc1ccc(F)cc1)C(Cc1ccccc1)C(=O)NC1CCCCC1)S(C)(=O)=O. The van der Waals surface area contributed by atoms with Crippen molar-refractivity contribution >= 4 is 27.5 Å². The summed E-state index contributed by atoms with van der Waals surface area (Å²) < 4.78 is 40.7. The molecular formula is C32H38FN3O4S. The zero-order chi connectivity index (χ0) is 29.4. The number of nitrogens with one attached hydrogen (secondary N) is 1. The fourth-order valence-electron chi connectivity index (χ4n) is 5.32. The van der Waals surface area contributed by atoms with Crippen LogP contribution in [-0.2, 0) is 32.6 Å². The predicted molar refractivity (Wildman–Crippen MR) is 159 cm³/mol. The molecule has 3 aromatic rings. The van der Waals surface area contributed by atoms with Crippen molar-refractivity contribution < 1.29 is 22.4 Å². The molecule has 0 radical (unpaired) electrons. The van der Waals surface area contributed by atoms with Gasteiger partial charge in [-0.3, -0.25) is 13.9 Å². The van der Waals surface area contributed by atoms with Crippen LogP contribution < -0.4 is 9.62 Å². The van der Waals surface area contributed by atoms with E-state index in [0.29, 0.717) is 16.8 Å². The van der Waals surface area contributed by atoms with Crippen LogP contribution in [0, 0.1) is 12.7 Å². The Bertz CT molecular complexity index is 1420. The highest BCUT2D eigenvalue weighted by molar-refractivity contribution is 7.92. The Kier molecular flexibility index (Phi) is 10.2. The molecule has 9 heteroatoms. The molecule has 1 saturated carbocycles. The number of aryl methyl sites for hydroxylation is 1. The summed E-state index contributed by atoms with van der Waals surface area (Å²) in [6, 6.07) is 21.3. The van der Waals surface area contributed by atoms with Crippen molar-refractivity contribution in [3.8, 4) is 0 Å². The lowest BCUT2D eigenvalue weighted by atomic mass is 9.94. The number of hydrogen-bond acceptors (Lipinski definition) is 4. The first-order valence-corrected chi connectivity index (χ1v) is 15.9. The van der Waals surface area contributed by atoms with Crippen LogP contribution in [0.1, 0.15) is 48.8 Å². The van der Waals surface area contributed by atoms with E-state index in [1.165, 1.54) is 17.0 Å². The first-order valence-electron chi connectivity index (χ1n) is 14.0. The summed E-state index contributed by atoms with van der Waals surface area (Å²) in [4.78, 5) is 29.5. The van der Waals surface area contributed by atoms with Crippen LogP contribution in [0.5, 0.6) is 0 Å². The van der Waals surface area contributed by atoms with Crippen molar-refractivity contribution in [2.75, 3.05) is 17.1 Å². The molecule has 0 aliphatic heterocycles. The maximum Gasteiger partial charge on any atom is 0.244 e. The van der Waals surface area contributed by atoms with Gasteiger partial charge in [-0.15, -0.1) is 0 Å². The summed E-state index contributed by atoms with van der Waals surface area (Å²) in [5.74, 6) is -1.22. The number of nitrogens with zero attached hydrogens (tertiary/aromatic N) is 2. The largest absolute Gasteiger partial charge is 0.352 e. The summed E-state index contributed by atoms with van der Waals surface area (Å²) in [5.41, 5.74) is 2.60. The average Bonchev–Trinajstić information content (AvgIpc) is 2.95. The molecule has 7 nitrogen and oxygen atoms in total. The molecule has 4 rings (SSSR count). The van der Waals surface area contributed by atoms with E-state index in [4.69, 9.17) is 0 Å². The smallest absolute Gasteiger partial charge is 0.244 e. The third-order valence-corrected chi connectivity index (χ3v) is 8.68. The number of hydrogen-bond donors (Lipinski definition) is 1. The van der Waals surface area contributed by atoms with E-state index in [1.807, 2.05) is 30.3 Å². The zero-order valence-electron chi connectivity index (χ0n) is 23.6. The van der Waals surface area contributed by atoms with Crippen LogP contribution >= 0.6 is 0 Å². The van der Waals surface area contributed by atoms with E-state index < -0.39 is 34.3 Å². The van der Waals surface area contributed by atoms with Gasteiger partial charge in [0.05, 0.1) is 11.9 Å². The van der Waals surface area contributed by atoms with Gasteiger partial charge in [-0.2, -0.15) is 0 Å². The van der Waals surface area contributed by atoms with Crippen molar-refractivity contribution in [2.45, 2.75) is 64.1 Å². The second-order valence-electron chi connectivity index (χ2n) is 10.8. The van der Waals surface area contributed by atoms with Crippen molar-refractivity contribution in [3.63, 3.8) is 0 Å². The van der Waals surface area contributed by atoms with Crippen LogP contribution in [0.4, 0.5) is 10.1 Å². The van der Waals surface area contributed by atoms with Crippen molar-refractivity contribution in [1.29, 1.82) is 0 Å². The topological polar surface area (TPSA) is 86.8 Å². The van der Waals surface area contributed by atoms with Crippen LogP contribution in [0.15, 0.2) is 78.9 Å². The Balaban J connectivity index is 1.72. The first-order chi connectivity index (χ1) is 19.6. The van der Waals surface area contributed by atoms with Crippen LogP contribution in [-0.4, -0.2) is 50.0 Å². The molecule has 1 fully saturated rings. The fourth-order valence-corrected chi connectivity index (χ4v) is 6.23. The van der Waals surface area contributed by atoms with E-state index in [2.05, 4.69) is 5.32 Å². The molecule has 2 amide bonds. The third-order valence-electron chi connectivity index (χ3n) is 7.55. The zero-order valence-corrected chi connectivity index (χ0v) is 24.4. The normalized spacial score (nSPS) is 14.7. The standard InChI is InChI=1S/C32H38FN3O4S/c1-24-11-9-10-16-29(24)36(41(2,39)40)23-31(37)35(22-26-17-19-27(33)20-18-26)30(21-25-12-5-3-6-13-25)32(38)34-28-14-7-4-8-15-28/h3,5-6,9-13,16-20,28,30H,4,7-8,14-15,21-23H2,1-2H3,(H,34,38). The van der Waals surface area contributed by atoms with Gasteiger partial charge in [0.15, 0.2) is 0 Å². The molecule has 0 heterocycles. The maximum atomic E-state index is 14.2. The lowest BCUT2D eigenvalue weighted by molar-refractivity contribution is -0.140. The summed E-state index contributed by atoms with van der Waals surface area (Å²) in [5, 5.41) is 3.17. The Hall–Kier alpha value is -3.72. The lowest BCUT2D eigenvalue weighted by Crippen LogP contribution is -2.55. The predicted octanol–water partition coefficient (Wildman–Crippen LogP) is 4.99. The Morgan fingerprint density at radius 1 is 0.902 bits per heavy atom. The highest BCUT2D eigenvalue weighted by Crippen LogP contribution is 2.24. The van der Waals surface area contributed by atoms with Gasteiger partial charge in [-0.25, -0.2) is 12.8 Å². The second kappa shape index (κ2) is 13.8. The molecule has 0 spiro atoms. The molecule has 1 unspecified atom stereocenters. The Morgan fingerprint density at radius 2 is 1.54 bits per heavy atom. The summed E-state index contributed by atoms with van der Waals surface area (Å²) in [7, 11) is -3.84. The quantitative estimate of drug-likeness (QED) is 0.347. The monoisotopic (exact) mass is 579 g/mol.